The highest BCUT2D eigenvalue weighted by Gasteiger charge is 2.35. The molecule has 0 aliphatic carbocycles. The molecule has 21 heavy (non-hydrogen) atoms. The smallest absolute Gasteiger partial charge is 0.271 e. The van der Waals surface area contributed by atoms with Crippen molar-refractivity contribution in [3.05, 3.63) is 33.9 Å². The van der Waals surface area contributed by atoms with Crippen LogP contribution in [0.3, 0.4) is 0 Å². The maximum Gasteiger partial charge on any atom is 0.271 e. The lowest BCUT2D eigenvalue weighted by atomic mass is 9.82. The molecule has 1 aromatic carbocycles. The maximum absolute atomic E-state index is 11.0. The van der Waals surface area contributed by atoms with Gasteiger partial charge in [0.15, 0.2) is 0 Å². The zero-order chi connectivity index (χ0) is 15.0. The molecule has 1 N–H and O–H groups in total. The summed E-state index contributed by atoms with van der Waals surface area (Å²) in [6.45, 7) is 1.90. The highest BCUT2D eigenvalue weighted by molar-refractivity contribution is 5.54. The average Bonchev–Trinajstić information content (AvgIpc) is 2.39. The number of nitrogens with one attached hydrogen (secondary N) is 1. The number of hydrogen-bond acceptors (Lipinski definition) is 4. The molecule has 1 aromatic rings. The first kappa shape index (κ1) is 14.3. The maximum atomic E-state index is 11.0. The van der Waals surface area contributed by atoms with Crippen molar-refractivity contribution < 1.29 is 4.92 Å². The number of nitro groups is 1. The van der Waals surface area contributed by atoms with Crippen LogP contribution in [0, 0.1) is 17.0 Å². The van der Waals surface area contributed by atoms with Gasteiger partial charge in [-0.1, -0.05) is 6.42 Å². The zero-order valence-corrected chi connectivity index (χ0v) is 12.7. The first-order valence-electron chi connectivity index (χ1n) is 7.77. The highest BCUT2D eigenvalue weighted by atomic mass is 16.6. The Morgan fingerprint density at radius 1 is 1.24 bits per heavy atom. The molecule has 2 fully saturated rings. The molecule has 0 spiro atoms. The topological polar surface area (TPSA) is 58.4 Å². The summed E-state index contributed by atoms with van der Waals surface area (Å²) in [5.74, 6) is 0. The van der Waals surface area contributed by atoms with Gasteiger partial charge in [-0.15, -0.1) is 0 Å². The summed E-state index contributed by atoms with van der Waals surface area (Å²) in [4.78, 5) is 13.2. The normalized spacial score (nSPS) is 29.1. The summed E-state index contributed by atoms with van der Waals surface area (Å²) in [5.41, 5.74) is 1.99. The van der Waals surface area contributed by atoms with Gasteiger partial charge in [-0.05, 0) is 51.3 Å². The Kier molecular flexibility index (Phi) is 3.85. The molecule has 0 radical (unpaired) electrons. The lowest BCUT2D eigenvalue weighted by molar-refractivity contribution is -0.384. The highest BCUT2D eigenvalue weighted by Crippen LogP contribution is 2.34. The predicted molar refractivity (Wildman–Crippen MR) is 83.7 cm³/mol. The quantitative estimate of drug-likeness (QED) is 0.685. The minimum Gasteiger partial charge on any atom is -0.382 e. The van der Waals surface area contributed by atoms with Crippen molar-refractivity contribution >= 4 is 11.4 Å². The third-order valence-electron chi connectivity index (χ3n) is 4.98. The van der Waals surface area contributed by atoms with E-state index in [2.05, 4.69) is 17.3 Å². The van der Waals surface area contributed by atoms with Crippen molar-refractivity contribution in [2.24, 2.45) is 0 Å². The van der Waals surface area contributed by atoms with Gasteiger partial charge in [0.05, 0.1) is 4.92 Å². The van der Waals surface area contributed by atoms with Gasteiger partial charge >= 0.3 is 0 Å². The number of aryl methyl sites for hydroxylation is 1. The van der Waals surface area contributed by atoms with Crippen molar-refractivity contribution in [3.8, 4) is 0 Å². The van der Waals surface area contributed by atoms with Crippen LogP contribution in [0.15, 0.2) is 18.2 Å². The van der Waals surface area contributed by atoms with Crippen LogP contribution >= 0.6 is 0 Å². The molecule has 0 amide bonds. The zero-order valence-electron chi connectivity index (χ0n) is 12.7. The van der Waals surface area contributed by atoms with Crippen LogP contribution in [0.4, 0.5) is 11.4 Å². The summed E-state index contributed by atoms with van der Waals surface area (Å²) in [7, 11) is 2.24. The average molecular weight is 289 g/mol. The first-order chi connectivity index (χ1) is 10.0. The largest absolute Gasteiger partial charge is 0.382 e. The van der Waals surface area contributed by atoms with Crippen LogP contribution < -0.4 is 5.32 Å². The van der Waals surface area contributed by atoms with Gasteiger partial charge in [-0.25, -0.2) is 0 Å². The number of hydrogen-bond donors (Lipinski definition) is 1. The number of anilines is 1. The molecular weight excluding hydrogens is 266 g/mol. The molecule has 5 heteroatoms. The van der Waals surface area contributed by atoms with E-state index < -0.39 is 0 Å². The van der Waals surface area contributed by atoms with Crippen LogP contribution in [-0.4, -0.2) is 35.0 Å². The molecular formula is C16H23N3O2. The number of nitrogens with zero attached hydrogens (tertiary/aromatic N) is 2. The summed E-state index contributed by atoms with van der Waals surface area (Å²) in [6.07, 6.45) is 6.16. The van der Waals surface area contributed by atoms with E-state index in [-0.39, 0.29) is 10.6 Å². The summed E-state index contributed by atoms with van der Waals surface area (Å²) in [6, 6.07) is 7.03. The lowest BCUT2D eigenvalue weighted by Crippen LogP contribution is -2.52. The number of benzene rings is 1. The van der Waals surface area contributed by atoms with E-state index in [1.54, 1.807) is 12.1 Å². The Morgan fingerprint density at radius 2 is 1.90 bits per heavy atom. The van der Waals surface area contributed by atoms with Crippen LogP contribution in [0.2, 0.25) is 0 Å². The Hall–Kier alpha value is -1.62. The van der Waals surface area contributed by atoms with E-state index >= 15 is 0 Å². The SMILES string of the molecule is Cc1cc(NC2CC3CCCC(C2)N3C)cc([N+](=O)[O-])c1. The monoisotopic (exact) mass is 289 g/mol. The minimum atomic E-state index is -0.318. The van der Waals surface area contributed by atoms with Crippen molar-refractivity contribution in [1.82, 2.24) is 4.90 Å². The van der Waals surface area contributed by atoms with E-state index in [4.69, 9.17) is 0 Å². The summed E-state index contributed by atoms with van der Waals surface area (Å²) < 4.78 is 0. The fourth-order valence-electron chi connectivity index (χ4n) is 3.92. The molecule has 2 aliphatic rings. The first-order valence-corrected chi connectivity index (χ1v) is 7.77. The fraction of sp³-hybridized carbons (Fsp3) is 0.625. The molecule has 2 bridgehead atoms. The van der Waals surface area contributed by atoms with E-state index in [0.29, 0.717) is 18.1 Å². The van der Waals surface area contributed by atoms with Crippen LogP contribution in [0.25, 0.3) is 0 Å². The standard InChI is InChI=1S/C16H23N3O2/c1-11-6-12(10-16(7-11)19(20)21)17-13-8-14-4-3-5-15(9-13)18(14)2/h6-7,10,13-15,17H,3-5,8-9H2,1-2H3. The number of piperidine rings is 2. The van der Waals surface area contributed by atoms with Gasteiger partial charge in [0.2, 0.25) is 0 Å². The number of non-ortho nitro benzene ring substituents is 1. The Labute approximate surface area is 125 Å². The number of nitro benzene ring substituents is 1. The second-order valence-electron chi connectivity index (χ2n) is 6.53. The molecule has 2 unspecified atom stereocenters. The van der Waals surface area contributed by atoms with Crippen LogP contribution in [-0.2, 0) is 0 Å². The van der Waals surface area contributed by atoms with Crippen molar-refractivity contribution in [1.29, 1.82) is 0 Å². The van der Waals surface area contributed by atoms with Crippen molar-refractivity contribution in [2.75, 3.05) is 12.4 Å². The van der Waals surface area contributed by atoms with E-state index in [1.165, 1.54) is 19.3 Å². The Balaban J connectivity index is 1.74. The molecule has 5 nitrogen and oxygen atoms in total. The van der Waals surface area contributed by atoms with Crippen molar-refractivity contribution in [3.63, 3.8) is 0 Å². The Bertz CT molecular complexity index is 532. The van der Waals surface area contributed by atoms with Gasteiger partial charge in [-0.2, -0.15) is 0 Å². The molecule has 2 heterocycles. The van der Waals surface area contributed by atoms with Crippen molar-refractivity contribution in [2.45, 2.75) is 57.2 Å². The molecule has 3 rings (SSSR count). The van der Waals surface area contributed by atoms with Crippen LogP contribution in [0.1, 0.15) is 37.7 Å². The number of fused-ring (bicyclic) bond motifs is 2. The third-order valence-corrected chi connectivity index (χ3v) is 4.98. The molecule has 2 atom stereocenters. The van der Waals surface area contributed by atoms with Gasteiger partial charge in [0.1, 0.15) is 0 Å². The van der Waals surface area contributed by atoms with Gasteiger partial charge in [0, 0.05) is 35.9 Å². The predicted octanol–water partition coefficient (Wildman–Crippen LogP) is 3.33. The van der Waals surface area contributed by atoms with Gasteiger partial charge in [0.25, 0.3) is 5.69 Å². The lowest BCUT2D eigenvalue weighted by Gasteiger charge is -2.47. The molecule has 0 saturated carbocycles. The molecule has 0 aromatic heterocycles. The number of rotatable bonds is 3. The minimum absolute atomic E-state index is 0.172. The van der Waals surface area contributed by atoms with Gasteiger partial charge in [-0.3, -0.25) is 10.1 Å². The van der Waals surface area contributed by atoms with E-state index in [0.717, 1.165) is 24.1 Å². The second-order valence-corrected chi connectivity index (χ2v) is 6.53. The summed E-state index contributed by atoms with van der Waals surface area (Å²) in [5, 5.41) is 14.5. The Morgan fingerprint density at radius 3 is 2.52 bits per heavy atom. The molecule has 2 aliphatic heterocycles. The van der Waals surface area contributed by atoms with E-state index in [9.17, 15) is 10.1 Å². The summed E-state index contributed by atoms with van der Waals surface area (Å²) >= 11 is 0. The third kappa shape index (κ3) is 3.02. The molecule has 2 saturated heterocycles. The van der Waals surface area contributed by atoms with E-state index in [1.807, 2.05) is 13.0 Å². The second kappa shape index (κ2) is 5.64. The molecule has 114 valence electrons. The van der Waals surface area contributed by atoms with Crippen LogP contribution in [0.5, 0.6) is 0 Å². The fourth-order valence-corrected chi connectivity index (χ4v) is 3.92. The van der Waals surface area contributed by atoms with Gasteiger partial charge < -0.3 is 10.2 Å².